The SMILES string of the molecule is CCc1ccc(NC(=O)C2CCN(S(=O)(=O)c3ccc(SC)cc3)CC2)cc1. The van der Waals surface area contributed by atoms with Crippen LogP contribution in [0.4, 0.5) is 5.69 Å². The van der Waals surface area contributed by atoms with Gasteiger partial charge >= 0.3 is 0 Å². The number of hydrogen-bond acceptors (Lipinski definition) is 4. The number of sulfonamides is 1. The molecule has 1 heterocycles. The Morgan fingerprint density at radius 2 is 1.68 bits per heavy atom. The zero-order valence-corrected chi connectivity index (χ0v) is 17.9. The molecule has 1 aliphatic rings. The van der Waals surface area contributed by atoms with Crippen molar-refractivity contribution in [2.75, 3.05) is 24.7 Å². The number of nitrogens with one attached hydrogen (secondary N) is 1. The summed E-state index contributed by atoms with van der Waals surface area (Å²) in [6.07, 6.45) is 3.97. The molecule has 0 atom stereocenters. The van der Waals surface area contributed by atoms with Crippen LogP contribution in [0, 0.1) is 5.92 Å². The van der Waals surface area contributed by atoms with E-state index in [0.29, 0.717) is 30.8 Å². The maximum Gasteiger partial charge on any atom is 0.243 e. The van der Waals surface area contributed by atoms with Gasteiger partial charge in [-0.2, -0.15) is 4.31 Å². The van der Waals surface area contributed by atoms with Gasteiger partial charge in [-0.1, -0.05) is 19.1 Å². The van der Waals surface area contributed by atoms with E-state index in [1.165, 1.54) is 9.87 Å². The van der Waals surface area contributed by atoms with Crippen LogP contribution in [-0.2, 0) is 21.2 Å². The minimum Gasteiger partial charge on any atom is -0.326 e. The zero-order chi connectivity index (χ0) is 20.1. The van der Waals surface area contributed by atoms with Crippen molar-refractivity contribution in [2.45, 2.75) is 36.0 Å². The first-order valence-corrected chi connectivity index (χ1v) is 12.1. The Morgan fingerprint density at radius 1 is 1.07 bits per heavy atom. The molecule has 7 heteroatoms. The number of anilines is 1. The van der Waals surface area contributed by atoms with Gasteiger partial charge in [0.25, 0.3) is 0 Å². The number of aryl methyl sites for hydroxylation is 1. The molecule has 0 spiro atoms. The highest BCUT2D eigenvalue weighted by Crippen LogP contribution is 2.26. The largest absolute Gasteiger partial charge is 0.326 e. The summed E-state index contributed by atoms with van der Waals surface area (Å²) in [5, 5.41) is 2.95. The van der Waals surface area contributed by atoms with E-state index in [1.54, 1.807) is 23.9 Å². The van der Waals surface area contributed by atoms with E-state index >= 15 is 0 Å². The summed E-state index contributed by atoms with van der Waals surface area (Å²) in [5.41, 5.74) is 2.01. The first kappa shape index (κ1) is 20.9. The first-order valence-electron chi connectivity index (χ1n) is 9.48. The second kappa shape index (κ2) is 9.11. The second-order valence-corrected chi connectivity index (χ2v) is 9.71. The van der Waals surface area contributed by atoms with E-state index in [1.807, 2.05) is 42.7 Å². The molecule has 1 fully saturated rings. The van der Waals surface area contributed by atoms with E-state index in [2.05, 4.69) is 12.2 Å². The Hall–Kier alpha value is -1.83. The summed E-state index contributed by atoms with van der Waals surface area (Å²) in [5.74, 6) is -0.207. The van der Waals surface area contributed by atoms with Gasteiger partial charge in [0, 0.05) is 29.6 Å². The summed E-state index contributed by atoms with van der Waals surface area (Å²) in [4.78, 5) is 13.9. The molecule has 1 aliphatic heterocycles. The van der Waals surface area contributed by atoms with Crippen LogP contribution in [0.5, 0.6) is 0 Å². The number of amides is 1. The van der Waals surface area contributed by atoms with Gasteiger partial charge in [0.15, 0.2) is 0 Å². The van der Waals surface area contributed by atoms with Gasteiger partial charge in [-0.05, 0) is 67.5 Å². The van der Waals surface area contributed by atoms with Crippen LogP contribution in [0.3, 0.4) is 0 Å². The topological polar surface area (TPSA) is 66.5 Å². The lowest BCUT2D eigenvalue weighted by Crippen LogP contribution is -2.41. The number of hydrogen-bond donors (Lipinski definition) is 1. The maximum atomic E-state index is 12.8. The molecule has 0 aromatic heterocycles. The highest BCUT2D eigenvalue weighted by molar-refractivity contribution is 7.98. The number of piperidine rings is 1. The normalized spacial score (nSPS) is 16.1. The molecule has 150 valence electrons. The third kappa shape index (κ3) is 4.77. The fourth-order valence-corrected chi connectivity index (χ4v) is 5.20. The molecule has 1 amide bonds. The van der Waals surface area contributed by atoms with Crippen molar-refractivity contribution < 1.29 is 13.2 Å². The summed E-state index contributed by atoms with van der Waals surface area (Å²) in [6, 6.07) is 14.8. The van der Waals surface area contributed by atoms with Crippen LogP contribution in [0.15, 0.2) is 58.3 Å². The third-order valence-corrected chi connectivity index (χ3v) is 7.81. The summed E-state index contributed by atoms with van der Waals surface area (Å²) in [7, 11) is -3.51. The number of benzene rings is 2. The number of thioether (sulfide) groups is 1. The molecule has 1 N–H and O–H groups in total. The molecule has 28 heavy (non-hydrogen) atoms. The van der Waals surface area contributed by atoms with Crippen LogP contribution in [0.1, 0.15) is 25.3 Å². The molecule has 2 aromatic rings. The summed E-state index contributed by atoms with van der Waals surface area (Å²) in [6.45, 7) is 2.81. The van der Waals surface area contributed by atoms with Crippen molar-refractivity contribution in [3.63, 3.8) is 0 Å². The molecule has 0 unspecified atom stereocenters. The van der Waals surface area contributed by atoms with Crippen molar-refractivity contribution in [3.05, 3.63) is 54.1 Å². The van der Waals surface area contributed by atoms with Crippen LogP contribution >= 0.6 is 11.8 Å². The number of rotatable bonds is 6. The standard InChI is InChI=1S/C21H26N2O3S2/c1-3-16-4-6-18(7-5-16)22-21(24)17-12-14-23(15-13-17)28(25,26)20-10-8-19(27-2)9-11-20/h4-11,17H,3,12-15H2,1-2H3,(H,22,24). The summed E-state index contributed by atoms with van der Waals surface area (Å²) < 4.78 is 27.2. The van der Waals surface area contributed by atoms with Crippen LogP contribution in [-0.4, -0.2) is 38.0 Å². The Balaban J connectivity index is 1.58. The Morgan fingerprint density at radius 3 is 2.21 bits per heavy atom. The van der Waals surface area contributed by atoms with Crippen LogP contribution in [0.25, 0.3) is 0 Å². The molecule has 3 rings (SSSR count). The molecular weight excluding hydrogens is 392 g/mol. The molecule has 0 radical (unpaired) electrons. The zero-order valence-electron chi connectivity index (χ0n) is 16.2. The van der Waals surface area contributed by atoms with Gasteiger partial charge in [0.2, 0.25) is 15.9 Å². The molecule has 5 nitrogen and oxygen atoms in total. The predicted molar refractivity (Wildman–Crippen MR) is 114 cm³/mol. The number of carbonyl (C=O) groups is 1. The average Bonchev–Trinajstić information content (AvgIpc) is 2.74. The van der Waals surface area contributed by atoms with Gasteiger partial charge in [-0.15, -0.1) is 11.8 Å². The minimum atomic E-state index is -3.51. The Bertz CT molecular complexity index is 902. The molecule has 0 bridgehead atoms. The van der Waals surface area contributed by atoms with E-state index in [-0.39, 0.29) is 11.8 Å². The first-order chi connectivity index (χ1) is 13.4. The quantitative estimate of drug-likeness (QED) is 0.720. The smallest absolute Gasteiger partial charge is 0.243 e. The van der Waals surface area contributed by atoms with Crippen molar-refractivity contribution >= 4 is 33.4 Å². The monoisotopic (exact) mass is 418 g/mol. The van der Waals surface area contributed by atoms with Crippen molar-refractivity contribution in [1.82, 2.24) is 4.31 Å². The Kier molecular flexibility index (Phi) is 6.80. The molecule has 2 aromatic carbocycles. The van der Waals surface area contributed by atoms with Crippen molar-refractivity contribution in [1.29, 1.82) is 0 Å². The van der Waals surface area contributed by atoms with Gasteiger partial charge in [-0.25, -0.2) is 8.42 Å². The lowest BCUT2D eigenvalue weighted by atomic mass is 9.97. The van der Waals surface area contributed by atoms with E-state index in [4.69, 9.17) is 0 Å². The fourth-order valence-electron chi connectivity index (χ4n) is 3.32. The van der Waals surface area contributed by atoms with E-state index < -0.39 is 10.0 Å². The number of carbonyl (C=O) groups excluding carboxylic acids is 1. The summed E-state index contributed by atoms with van der Waals surface area (Å²) >= 11 is 1.58. The highest BCUT2D eigenvalue weighted by Gasteiger charge is 2.32. The van der Waals surface area contributed by atoms with Crippen molar-refractivity contribution in [2.24, 2.45) is 5.92 Å². The van der Waals surface area contributed by atoms with Gasteiger partial charge in [0.1, 0.15) is 0 Å². The van der Waals surface area contributed by atoms with Gasteiger partial charge < -0.3 is 5.32 Å². The van der Waals surface area contributed by atoms with Gasteiger partial charge in [-0.3, -0.25) is 4.79 Å². The van der Waals surface area contributed by atoms with E-state index in [0.717, 1.165) is 17.0 Å². The average molecular weight is 419 g/mol. The van der Waals surface area contributed by atoms with E-state index in [9.17, 15) is 13.2 Å². The van der Waals surface area contributed by atoms with Crippen molar-refractivity contribution in [3.8, 4) is 0 Å². The molecule has 1 saturated heterocycles. The number of nitrogens with zero attached hydrogens (tertiary/aromatic N) is 1. The lowest BCUT2D eigenvalue weighted by Gasteiger charge is -2.30. The third-order valence-electron chi connectivity index (χ3n) is 5.15. The van der Waals surface area contributed by atoms with Crippen LogP contribution in [0.2, 0.25) is 0 Å². The predicted octanol–water partition coefficient (Wildman–Crippen LogP) is 4.01. The van der Waals surface area contributed by atoms with Crippen LogP contribution < -0.4 is 5.32 Å². The maximum absolute atomic E-state index is 12.8. The molecular formula is C21H26N2O3S2. The molecule has 0 aliphatic carbocycles. The van der Waals surface area contributed by atoms with Gasteiger partial charge in [0.05, 0.1) is 4.90 Å². The second-order valence-electron chi connectivity index (χ2n) is 6.89. The lowest BCUT2D eigenvalue weighted by molar-refractivity contribution is -0.120. The highest BCUT2D eigenvalue weighted by atomic mass is 32.2. The Labute approximate surface area is 171 Å². The fraction of sp³-hybridized carbons (Fsp3) is 0.381. The molecule has 0 saturated carbocycles. The minimum absolute atomic E-state index is 0.0365.